The number of hydrogen-bond acceptors (Lipinski definition) is 6. The lowest BCUT2D eigenvalue weighted by molar-refractivity contribution is -0.128. The van der Waals surface area contributed by atoms with E-state index in [1.807, 2.05) is 35.2 Å². The largest absolute Gasteiger partial charge is 0.352 e. The minimum atomic E-state index is -0.0838. The topological polar surface area (TPSA) is 91.6 Å². The first-order chi connectivity index (χ1) is 17.5. The van der Waals surface area contributed by atoms with Crippen LogP contribution in [0.2, 0.25) is 5.02 Å². The zero-order valence-corrected chi connectivity index (χ0v) is 20.9. The summed E-state index contributed by atoms with van der Waals surface area (Å²) in [4.78, 5) is 33.5. The van der Waals surface area contributed by atoms with E-state index in [1.165, 1.54) is 0 Å². The Bertz CT molecular complexity index is 1230. The van der Waals surface area contributed by atoms with Crippen molar-refractivity contribution < 1.29 is 14.1 Å². The van der Waals surface area contributed by atoms with Crippen molar-refractivity contribution in [2.24, 2.45) is 5.92 Å². The Kier molecular flexibility index (Phi) is 7.63. The molecule has 3 heterocycles. The predicted molar refractivity (Wildman–Crippen MR) is 136 cm³/mol. The Hall–Kier alpha value is -3.23. The van der Waals surface area contributed by atoms with Gasteiger partial charge in [0.05, 0.1) is 12.5 Å². The minimum Gasteiger partial charge on any atom is -0.352 e. The van der Waals surface area contributed by atoms with Crippen LogP contribution in [0.15, 0.2) is 53.1 Å². The van der Waals surface area contributed by atoms with Crippen LogP contribution in [0.1, 0.15) is 42.7 Å². The Labute approximate surface area is 215 Å². The van der Waals surface area contributed by atoms with Crippen LogP contribution in [0, 0.1) is 5.92 Å². The maximum atomic E-state index is 12.9. The molecule has 36 heavy (non-hydrogen) atoms. The van der Waals surface area contributed by atoms with E-state index in [1.54, 1.807) is 12.1 Å². The molecule has 0 aliphatic carbocycles. The number of amides is 2. The summed E-state index contributed by atoms with van der Waals surface area (Å²) in [5, 5.41) is 7.81. The van der Waals surface area contributed by atoms with Gasteiger partial charge in [0.15, 0.2) is 0 Å². The van der Waals surface area contributed by atoms with Gasteiger partial charge in [-0.1, -0.05) is 53.2 Å². The molecule has 5 rings (SSSR count). The molecule has 188 valence electrons. The van der Waals surface area contributed by atoms with E-state index in [2.05, 4.69) is 26.4 Å². The summed E-state index contributed by atoms with van der Waals surface area (Å²) >= 11 is 6.07. The molecule has 8 nitrogen and oxygen atoms in total. The number of carbonyl (C=O) groups excluding carboxylic acids is 2. The summed E-state index contributed by atoms with van der Waals surface area (Å²) in [6.07, 6.45) is 3.37. The fraction of sp³-hybridized carbons (Fsp3) is 0.407. The lowest BCUT2D eigenvalue weighted by Gasteiger charge is -2.30. The van der Waals surface area contributed by atoms with Crippen molar-refractivity contribution >= 4 is 23.4 Å². The van der Waals surface area contributed by atoms with Crippen LogP contribution in [0.3, 0.4) is 0 Å². The Morgan fingerprint density at radius 1 is 1.08 bits per heavy atom. The highest BCUT2D eigenvalue weighted by Gasteiger charge is 2.27. The van der Waals surface area contributed by atoms with Gasteiger partial charge in [-0.25, -0.2) is 0 Å². The molecular formula is C27H30ClN5O3. The van der Waals surface area contributed by atoms with E-state index in [0.717, 1.165) is 49.0 Å². The van der Waals surface area contributed by atoms with Crippen LogP contribution in [0.5, 0.6) is 0 Å². The fourth-order valence-electron chi connectivity index (χ4n) is 4.93. The van der Waals surface area contributed by atoms with Crippen molar-refractivity contribution in [1.82, 2.24) is 25.3 Å². The van der Waals surface area contributed by atoms with Gasteiger partial charge in [-0.3, -0.25) is 14.5 Å². The van der Waals surface area contributed by atoms with Gasteiger partial charge in [-0.05, 0) is 49.1 Å². The van der Waals surface area contributed by atoms with Gasteiger partial charge in [-0.2, -0.15) is 4.98 Å². The standard InChI is InChI=1S/C27H30ClN5O3/c28-23-9-2-7-21(14-23)26-30-24(36-31-26)18-32-11-3-8-22(17-32)27(35)29-15-19-5-1-6-20(13-19)16-33-12-4-10-25(33)34/h1-2,5-7,9,13-14,22H,3-4,8,10-12,15-18H2,(H,29,35). The molecule has 0 bridgehead atoms. The Morgan fingerprint density at radius 2 is 1.94 bits per heavy atom. The van der Waals surface area contributed by atoms with Gasteiger partial charge in [0.25, 0.3) is 0 Å². The predicted octanol–water partition coefficient (Wildman–Crippen LogP) is 4.04. The number of nitrogens with one attached hydrogen (secondary N) is 1. The highest BCUT2D eigenvalue weighted by molar-refractivity contribution is 6.30. The van der Waals surface area contributed by atoms with Crippen LogP contribution in [-0.2, 0) is 29.2 Å². The van der Waals surface area contributed by atoms with E-state index in [0.29, 0.717) is 49.3 Å². The minimum absolute atomic E-state index is 0.0602. The summed E-state index contributed by atoms with van der Waals surface area (Å²) in [5.74, 6) is 1.23. The smallest absolute Gasteiger partial charge is 0.241 e. The normalized spacial score (nSPS) is 18.5. The first kappa shape index (κ1) is 24.5. The number of benzene rings is 2. The number of aromatic nitrogens is 2. The van der Waals surface area contributed by atoms with Crippen molar-refractivity contribution in [3.8, 4) is 11.4 Å². The fourth-order valence-corrected chi connectivity index (χ4v) is 5.12. The van der Waals surface area contributed by atoms with E-state index < -0.39 is 0 Å². The summed E-state index contributed by atoms with van der Waals surface area (Å²) in [6.45, 7) is 3.97. The third kappa shape index (κ3) is 6.12. The molecule has 1 aromatic heterocycles. The molecule has 2 aromatic carbocycles. The molecule has 1 unspecified atom stereocenters. The Morgan fingerprint density at radius 3 is 2.78 bits per heavy atom. The highest BCUT2D eigenvalue weighted by Crippen LogP contribution is 2.22. The van der Waals surface area contributed by atoms with E-state index >= 15 is 0 Å². The second-order valence-electron chi connectivity index (χ2n) is 9.55. The number of nitrogens with zero attached hydrogens (tertiary/aromatic N) is 4. The van der Waals surface area contributed by atoms with Gasteiger partial charge < -0.3 is 14.7 Å². The van der Waals surface area contributed by atoms with Crippen molar-refractivity contribution in [3.63, 3.8) is 0 Å². The average molecular weight is 508 g/mol. The van der Waals surface area contributed by atoms with Crippen LogP contribution in [0.25, 0.3) is 11.4 Å². The van der Waals surface area contributed by atoms with Gasteiger partial charge >= 0.3 is 0 Å². The molecular weight excluding hydrogens is 478 g/mol. The average Bonchev–Trinajstić information content (AvgIpc) is 3.52. The number of halogens is 1. The van der Waals surface area contributed by atoms with Gasteiger partial charge in [-0.15, -0.1) is 0 Å². The lowest BCUT2D eigenvalue weighted by atomic mass is 9.97. The maximum absolute atomic E-state index is 12.9. The molecule has 2 aliphatic rings. The molecule has 2 saturated heterocycles. The second kappa shape index (κ2) is 11.2. The van der Waals surface area contributed by atoms with E-state index in [-0.39, 0.29) is 17.7 Å². The molecule has 2 aliphatic heterocycles. The molecule has 1 N–H and O–H groups in total. The number of likely N-dealkylation sites (tertiary alicyclic amines) is 2. The molecule has 3 aromatic rings. The van der Waals surface area contributed by atoms with Crippen molar-refractivity contribution in [3.05, 3.63) is 70.6 Å². The van der Waals surface area contributed by atoms with Gasteiger partial charge in [0.2, 0.25) is 23.5 Å². The summed E-state index contributed by atoms with van der Waals surface area (Å²) < 4.78 is 5.46. The highest BCUT2D eigenvalue weighted by atomic mass is 35.5. The van der Waals surface area contributed by atoms with Crippen LogP contribution in [-0.4, -0.2) is 51.4 Å². The quantitative estimate of drug-likeness (QED) is 0.494. The number of rotatable bonds is 8. The van der Waals surface area contributed by atoms with Gasteiger partial charge in [0.1, 0.15) is 0 Å². The third-order valence-electron chi connectivity index (χ3n) is 6.79. The third-order valence-corrected chi connectivity index (χ3v) is 7.02. The van der Waals surface area contributed by atoms with Crippen LogP contribution in [0.4, 0.5) is 0 Å². The van der Waals surface area contributed by atoms with Crippen LogP contribution >= 0.6 is 11.6 Å². The zero-order valence-electron chi connectivity index (χ0n) is 20.2. The summed E-state index contributed by atoms with van der Waals surface area (Å²) in [6, 6.07) is 15.5. The number of carbonyl (C=O) groups is 2. The molecule has 1 atom stereocenters. The lowest BCUT2D eigenvalue weighted by Crippen LogP contribution is -2.42. The van der Waals surface area contributed by atoms with Crippen molar-refractivity contribution in [2.75, 3.05) is 19.6 Å². The monoisotopic (exact) mass is 507 g/mol. The number of hydrogen-bond donors (Lipinski definition) is 1. The molecule has 2 fully saturated rings. The van der Waals surface area contributed by atoms with E-state index in [9.17, 15) is 9.59 Å². The number of piperidine rings is 1. The molecule has 0 saturated carbocycles. The molecule has 9 heteroatoms. The molecule has 0 radical (unpaired) electrons. The second-order valence-corrected chi connectivity index (χ2v) is 9.99. The van der Waals surface area contributed by atoms with Crippen LogP contribution < -0.4 is 5.32 Å². The summed E-state index contributed by atoms with van der Waals surface area (Å²) in [5.41, 5.74) is 2.95. The summed E-state index contributed by atoms with van der Waals surface area (Å²) in [7, 11) is 0. The SMILES string of the molecule is O=C(NCc1cccc(CN2CCCC2=O)c1)C1CCCN(Cc2nc(-c3cccc(Cl)c3)no2)C1. The van der Waals surface area contributed by atoms with Gasteiger partial charge in [0, 0.05) is 43.2 Å². The first-order valence-electron chi connectivity index (χ1n) is 12.5. The zero-order chi connectivity index (χ0) is 24.9. The Balaban J connectivity index is 1.12. The molecule has 0 spiro atoms. The van der Waals surface area contributed by atoms with E-state index in [4.69, 9.17) is 16.1 Å². The van der Waals surface area contributed by atoms with Crippen molar-refractivity contribution in [2.45, 2.75) is 45.3 Å². The first-order valence-corrected chi connectivity index (χ1v) is 12.9. The maximum Gasteiger partial charge on any atom is 0.241 e. The van der Waals surface area contributed by atoms with Crippen molar-refractivity contribution in [1.29, 1.82) is 0 Å². The molecule has 2 amide bonds.